The Morgan fingerprint density at radius 2 is 1.88 bits per heavy atom. The Morgan fingerprint density at radius 1 is 1.03 bits per heavy atom. The normalized spacial score (nSPS) is 15.3. The lowest BCUT2D eigenvalue weighted by Gasteiger charge is -2.34. The van der Waals surface area contributed by atoms with Gasteiger partial charge in [-0.05, 0) is 35.7 Å². The lowest BCUT2D eigenvalue weighted by molar-refractivity contribution is 0.0169. The minimum absolute atomic E-state index is 0.0833. The molecule has 1 atom stereocenters. The van der Waals surface area contributed by atoms with Crippen LogP contribution in [0.15, 0.2) is 84.4 Å². The molecular formula is C26H26N4O2S. The summed E-state index contributed by atoms with van der Waals surface area (Å²) >= 11 is 1.73. The van der Waals surface area contributed by atoms with Crippen molar-refractivity contribution in [3.05, 3.63) is 94.8 Å². The maximum absolute atomic E-state index is 13.1. The number of rotatable bonds is 7. The first kappa shape index (κ1) is 21.6. The Labute approximate surface area is 197 Å². The number of carbonyl (C=O) groups excluding carboxylic acids is 1. The molecule has 1 aliphatic rings. The SMILES string of the molecule is O=C(NCC(c1cccs1)N1CCOCC1)c1cccc(-n2nccc2-c2ccccc2)c1. The van der Waals surface area contributed by atoms with Crippen LogP contribution in [0.5, 0.6) is 0 Å². The van der Waals surface area contributed by atoms with Gasteiger partial charge in [-0.1, -0.05) is 42.5 Å². The third-order valence-corrected chi connectivity index (χ3v) is 6.85. The quantitative estimate of drug-likeness (QED) is 0.446. The van der Waals surface area contributed by atoms with Crippen molar-refractivity contribution in [1.82, 2.24) is 20.0 Å². The molecule has 1 amide bonds. The van der Waals surface area contributed by atoms with E-state index in [1.54, 1.807) is 17.5 Å². The Balaban J connectivity index is 1.33. The van der Waals surface area contributed by atoms with Crippen LogP contribution >= 0.6 is 11.3 Å². The molecule has 0 bridgehead atoms. The van der Waals surface area contributed by atoms with Gasteiger partial charge in [0.2, 0.25) is 0 Å². The van der Waals surface area contributed by atoms with E-state index in [-0.39, 0.29) is 11.9 Å². The largest absolute Gasteiger partial charge is 0.379 e. The Hall–Kier alpha value is -3.26. The van der Waals surface area contributed by atoms with Gasteiger partial charge in [-0.3, -0.25) is 9.69 Å². The number of morpholine rings is 1. The summed E-state index contributed by atoms with van der Waals surface area (Å²) in [7, 11) is 0. The average molecular weight is 459 g/mol. The smallest absolute Gasteiger partial charge is 0.251 e. The van der Waals surface area contributed by atoms with Crippen molar-refractivity contribution in [3.63, 3.8) is 0 Å². The molecule has 0 saturated carbocycles. The molecule has 2 aromatic carbocycles. The maximum atomic E-state index is 13.1. The van der Waals surface area contributed by atoms with E-state index >= 15 is 0 Å². The number of nitrogens with zero attached hydrogens (tertiary/aromatic N) is 3. The van der Waals surface area contributed by atoms with Crippen molar-refractivity contribution in [2.75, 3.05) is 32.8 Å². The van der Waals surface area contributed by atoms with Gasteiger partial charge in [0.15, 0.2) is 0 Å². The van der Waals surface area contributed by atoms with Crippen molar-refractivity contribution in [2.45, 2.75) is 6.04 Å². The molecule has 4 aromatic rings. The van der Waals surface area contributed by atoms with E-state index in [0.29, 0.717) is 12.1 Å². The van der Waals surface area contributed by atoms with E-state index in [2.05, 4.69) is 45.0 Å². The number of hydrogen-bond donors (Lipinski definition) is 1. The van der Waals surface area contributed by atoms with Crippen LogP contribution in [0.4, 0.5) is 0 Å². The van der Waals surface area contributed by atoms with Crippen molar-refractivity contribution >= 4 is 17.2 Å². The minimum Gasteiger partial charge on any atom is -0.379 e. The molecule has 0 spiro atoms. The molecule has 1 aliphatic heterocycles. The predicted octanol–water partition coefficient (Wildman–Crippen LogP) is 4.40. The second-order valence-corrected chi connectivity index (χ2v) is 8.91. The van der Waals surface area contributed by atoms with Gasteiger partial charge in [0.1, 0.15) is 0 Å². The summed E-state index contributed by atoms with van der Waals surface area (Å²) in [5, 5.41) is 9.75. The highest BCUT2D eigenvalue weighted by molar-refractivity contribution is 7.10. The number of carbonyl (C=O) groups is 1. The first-order chi connectivity index (χ1) is 16.3. The fraction of sp³-hybridized carbons (Fsp3) is 0.231. The highest BCUT2D eigenvalue weighted by Crippen LogP contribution is 2.26. The zero-order chi connectivity index (χ0) is 22.5. The van der Waals surface area contributed by atoms with Gasteiger partial charge >= 0.3 is 0 Å². The Kier molecular flexibility index (Phi) is 6.62. The molecule has 1 unspecified atom stereocenters. The van der Waals surface area contributed by atoms with Crippen LogP contribution < -0.4 is 5.32 Å². The number of aromatic nitrogens is 2. The van der Waals surface area contributed by atoms with Gasteiger partial charge in [-0.25, -0.2) is 4.68 Å². The number of hydrogen-bond acceptors (Lipinski definition) is 5. The van der Waals surface area contributed by atoms with Gasteiger partial charge < -0.3 is 10.1 Å². The lowest BCUT2D eigenvalue weighted by Crippen LogP contribution is -2.43. The first-order valence-electron chi connectivity index (χ1n) is 11.1. The molecule has 3 heterocycles. The van der Waals surface area contributed by atoms with Crippen LogP contribution in [0.2, 0.25) is 0 Å². The molecule has 1 N–H and O–H groups in total. The van der Waals surface area contributed by atoms with Crippen molar-refractivity contribution in [3.8, 4) is 16.9 Å². The number of ether oxygens (including phenoxy) is 1. The number of benzene rings is 2. The Morgan fingerprint density at radius 3 is 2.67 bits per heavy atom. The second kappa shape index (κ2) is 10.1. The van der Waals surface area contributed by atoms with E-state index in [4.69, 9.17) is 4.74 Å². The highest BCUT2D eigenvalue weighted by Gasteiger charge is 2.24. The lowest BCUT2D eigenvalue weighted by atomic mass is 10.1. The summed E-state index contributed by atoms with van der Waals surface area (Å²) in [6.45, 7) is 3.75. The summed E-state index contributed by atoms with van der Waals surface area (Å²) in [5.74, 6) is -0.0833. The van der Waals surface area contributed by atoms with E-state index in [9.17, 15) is 4.79 Å². The number of thiophene rings is 1. The maximum Gasteiger partial charge on any atom is 0.251 e. The molecule has 6 nitrogen and oxygen atoms in total. The third-order valence-electron chi connectivity index (χ3n) is 5.88. The molecule has 0 aliphatic carbocycles. The predicted molar refractivity (Wildman–Crippen MR) is 131 cm³/mol. The standard InChI is InChI=1S/C26H26N4O2S/c31-26(27-19-24(25-10-5-17-33-25)29-13-15-32-16-14-29)21-8-4-9-22(18-21)30-23(11-12-28-30)20-6-2-1-3-7-20/h1-12,17-18,24H,13-16,19H2,(H,27,31). The van der Waals surface area contributed by atoms with Crippen molar-refractivity contribution in [1.29, 1.82) is 0 Å². The number of nitrogens with one attached hydrogen (secondary N) is 1. The van der Waals surface area contributed by atoms with Gasteiger partial charge in [-0.2, -0.15) is 5.10 Å². The molecular weight excluding hydrogens is 432 g/mol. The molecule has 5 rings (SSSR count). The summed E-state index contributed by atoms with van der Waals surface area (Å²) in [5.41, 5.74) is 3.54. The molecule has 1 fully saturated rings. The fourth-order valence-electron chi connectivity index (χ4n) is 4.19. The summed E-state index contributed by atoms with van der Waals surface area (Å²) < 4.78 is 7.39. The van der Waals surface area contributed by atoms with E-state index in [1.165, 1.54) is 4.88 Å². The summed E-state index contributed by atoms with van der Waals surface area (Å²) in [4.78, 5) is 16.7. The van der Waals surface area contributed by atoms with Gasteiger partial charge in [0.25, 0.3) is 5.91 Å². The van der Waals surface area contributed by atoms with Gasteiger partial charge in [-0.15, -0.1) is 11.3 Å². The zero-order valence-corrected chi connectivity index (χ0v) is 19.1. The Bertz CT molecular complexity index is 1180. The second-order valence-electron chi connectivity index (χ2n) is 7.93. The highest BCUT2D eigenvalue weighted by atomic mass is 32.1. The van der Waals surface area contributed by atoms with Crippen LogP contribution in [0.3, 0.4) is 0 Å². The van der Waals surface area contributed by atoms with Crippen molar-refractivity contribution in [2.24, 2.45) is 0 Å². The van der Waals surface area contributed by atoms with E-state index in [1.807, 2.05) is 53.2 Å². The fourth-order valence-corrected chi connectivity index (χ4v) is 5.05. The monoisotopic (exact) mass is 458 g/mol. The number of amides is 1. The molecule has 168 valence electrons. The van der Waals surface area contributed by atoms with Gasteiger partial charge in [0, 0.05) is 35.6 Å². The van der Waals surface area contributed by atoms with Crippen LogP contribution in [0, 0.1) is 0 Å². The summed E-state index contributed by atoms with van der Waals surface area (Å²) in [6.07, 6.45) is 1.78. The zero-order valence-electron chi connectivity index (χ0n) is 18.3. The van der Waals surface area contributed by atoms with Gasteiger partial charge in [0.05, 0.1) is 36.8 Å². The molecule has 1 saturated heterocycles. The third kappa shape index (κ3) is 4.90. The topological polar surface area (TPSA) is 59.4 Å². The van der Waals surface area contributed by atoms with E-state index in [0.717, 1.165) is 43.2 Å². The molecule has 2 aromatic heterocycles. The van der Waals surface area contributed by atoms with Crippen LogP contribution in [-0.2, 0) is 4.74 Å². The van der Waals surface area contributed by atoms with Crippen LogP contribution in [-0.4, -0.2) is 53.4 Å². The van der Waals surface area contributed by atoms with Crippen LogP contribution in [0.25, 0.3) is 16.9 Å². The van der Waals surface area contributed by atoms with Crippen molar-refractivity contribution < 1.29 is 9.53 Å². The van der Waals surface area contributed by atoms with E-state index < -0.39 is 0 Å². The average Bonchev–Trinajstić information content (AvgIpc) is 3.58. The molecule has 7 heteroatoms. The molecule has 0 radical (unpaired) electrons. The molecule has 33 heavy (non-hydrogen) atoms. The van der Waals surface area contributed by atoms with Crippen LogP contribution in [0.1, 0.15) is 21.3 Å². The summed E-state index contributed by atoms with van der Waals surface area (Å²) in [6, 6.07) is 24.1. The minimum atomic E-state index is -0.0833. The first-order valence-corrected chi connectivity index (χ1v) is 12.0.